The van der Waals surface area contributed by atoms with Crippen LogP contribution in [0.2, 0.25) is 5.02 Å². The van der Waals surface area contributed by atoms with Crippen LogP contribution >= 0.6 is 11.6 Å². The molecule has 0 unspecified atom stereocenters. The fourth-order valence-electron chi connectivity index (χ4n) is 2.41. The summed E-state index contributed by atoms with van der Waals surface area (Å²) in [5, 5.41) is 6.39. The van der Waals surface area contributed by atoms with Crippen LogP contribution in [0.15, 0.2) is 54.6 Å². The van der Waals surface area contributed by atoms with Crippen molar-refractivity contribution in [3.63, 3.8) is 0 Å². The Labute approximate surface area is 161 Å². The molecule has 1 amide bonds. The van der Waals surface area contributed by atoms with Crippen molar-refractivity contribution in [2.75, 3.05) is 10.6 Å². The van der Waals surface area contributed by atoms with E-state index in [1.54, 1.807) is 61.5 Å². The lowest BCUT2D eigenvalue weighted by Gasteiger charge is -2.09. The maximum Gasteiger partial charge on any atom is 0.274 e. The van der Waals surface area contributed by atoms with E-state index in [0.717, 1.165) is 0 Å². The van der Waals surface area contributed by atoms with Crippen LogP contribution in [0.4, 0.5) is 17.3 Å². The van der Waals surface area contributed by atoms with E-state index >= 15 is 0 Å². The molecule has 3 aromatic rings. The Bertz CT molecular complexity index is 1000. The summed E-state index contributed by atoms with van der Waals surface area (Å²) in [5.74, 6) is -0.118. The molecule has 0 radical (unpaired) electrons. The molecule has 0 bridgehead atoms. The van der Waals surface area contributed by atoms with Crippen molar-refractivity contribution >= 4 is 40.6 Å². The summed E-state index contributed by atoms with van der Waals surface area (Å²) in [6.45, 7) is 3.28. The maximum atomic E-state index is 12.5. The molecule has 0 saturated carbocycles. The Morgan fingerprint density at radius 1 is 0.963 bits per heavy atom. The third kappa shape index (κ3) is 4.89. The normalized spacial score (nSPS) is 10.3. The summed E-state index contributed by atoms with van der Waals surface area (Å²) in [6, 6.07) is 15.4. The van der Waals surface area contributed by atoms with E-state index in [4.69, 9.17) is 11.6 Å². The Morgan fingerprint density at radius 3 is 2.41 bits per heavy atom. The Morgan fingerprint density at radius 2 is 1.70 bits per heavy atom. The number of nitrogens with zero attached hydrogens (tertiary/aromatic N) is 2. The van der Waals surface area contributed by atoms with Gasteiger partial charge < -0.3 is 10.6 Å². The molecule has 0 fully saturated rings. The second-order valence-electron chi connectivity index (χ2n) is 5.94. The van der Waals surface area contributed by atoms with Crippen LogP contribution in [0.5, 0.6) is 0 Å². The van der Waals surface area contributed by atoms with E-state index in [0.29, 0.717) is 27.7 Å². The molecule has 0 aliphatic carbocycles. The van der Waals surface area contributed by atoms with Gasteiger partial charge in [0.15, 0.2) is 5.78 Å². The minimum absolute atomic E-state index is 0.0353. The van der Waals surface area contributed by atoms with Crippen LogP contribution in [-0.2, 0) is 0 Å². The van der Waals surface area contributed by atoms with E-state index in [1.165, 1.54) is 6.92 Å². The van der Waals surface area contributed by atoms with Gasteiger partial charge in [0.2, 0.25) is 5.95 Å². The number of anilines is 3. The van der Waals surface area contributed by atoms with Gasteiger partial charge in [0.1, 0.15) is 5.69 Å². The van der Waals surface area contributed by atoms with Crippen LogP contribution in [0.1, 0.15) is 33.5 Å². The Hall–Kier alpha value is -3.25. The lowest BCUT2D eigenvalue weighted by atomic mass is 10.1. The standard InChI is InChI=1S/C20H17ClN4O2/c1-12-10-18(19(27)23-16-8-6-15(21)7-9-16)25-20(22-12)24-17-5-3-4-14(11-17)13(2)26/h3-11H,1-2H3,(H,23,27)(H,22,24,25). The first-order valence-corrected chi connectivity index (χ1v) is 8.59. The predicted molar refractivity (Wildman–Crippen MR) is 106 cm³/mol. The number of carbonyl (C=O) groups is 2. The summed E-state index contributed by atoms with van der Waals surface area (Å²) < 4.78 is 0. The van der Waals surface area contributed by atoms with Crippen molar-refractivity contribution in [1.82, 2.24) is 9.97 Å². The molecule has 3 rings (SSSR count). The molecule has 2 aromatic carbocycles. The lowest BCUT2D eigenvalue weighted by Crippen LogP contribution is -2.15. The quantitative estimate of drug-likeness (QED) is 0.630. The summed E-state index contributed by atoms with van der Waals surface area (Å²) in [4.78, 5) is 32.6. The van der Waals surface area contributed by atoms with Gasteiger partial charge >= 0.3 is 0 Å². The van der Waals surface area contributed by atoms with Crippen LogP contribution in [0, 0.1) is 6.92 Å². The molecule has 0 aliphatic heterocycles. The summed E-state index contributed by atoms with van der Waals surface area (Å²) in [5.41, 5.74) is 2.72. The smallest absolute Gasteiger partial charge is 0.274 e. The third-order valence-corrected chi connectivity index (χ3v) is 3.97. The highest BCUT2D eigenvalue weighted by atomic mass is 35.5. The van der Waals surface area contributed by atoms with Gasteiger partial charge in [0.05, 0.1) is 0 Å². The molecule has 27 heavy (non-hydrogen) atoms. The Kier molecular flexibility index (Phi) is 5.47. The fourth-order valence-corrected chi connectivity index (χ4v) is 2.54. The number of halogens is 1. The van der Waals surface area contributed by atoms with Gasteiger partial charge in [-0.15, -0.1) is 0 Å². The molecule has 1 heterocycles. The van der Waals surface area contributed by atoms with Gasteiger partial charge in [-0.3, -0.25) is 9.59 Å². The van der Waals surface area contributed by atoms with E-state index in [1.807, 2.05) is 0 Å². The first-order valence-electron chi connectivity index (χ1n) is 8.21. The number of hydrogen-bond acceptors (Lipinski definition) is 5. The number of hydrogen-bond donors (Lipinski definition) is 2. The zero-order valence-corrected chi connectivity index (χ0v) is 15.5. The zero-order valence-electron chi connectivity index (χ0n) is 14.8. The molecular formula is C20H17ClN4O2. The lowest BCUT2D eigenvalue weighted by molar-refractivity contribution is 0.101. The summed E-state index contributed by atoms with van der Waals surface area (Å²) in [7, 11) is 0. The van der Waals surface area contributed by atoms with Gasteiger partial charge in [0, 0.05) is 27.7 Å². The van der Waals surface area contributed by atoms with Crippen LogP contribution in [-0.4, -0.2) is 21.7 Å². The number of benzene rings is 2. The number of amides is 1. The average Bonchev–Trinajstić information content (AvgIpc) is 2.63. The predicted octanol–water partition coefficient (Wildman–Crippen LogP) is 4.64. The molecule has 0 saturated heterocycles. The van der Waals surface area contributed by atoms with E-state index < -0.39 is 0 Å². The number of aromatic nitrogens is 2. The van der Waals surface area contributed by atoms with Crippen LogP contribution in [0.3, 0.4) is 0 Å². The van der Waals surface area contributed by atoms with E-state index in [2.05, 4.69) is 20.6 Å². The first-order chi connectivity index (χ1) is 12.9. The van der Waals surface area contributed by atoms with Gasteiger partial charge in [-0.1, -0.05) is 23.7 Å². The number of carbonyl (C=O) groups excluding carboxylic acids is 2. The van der Waals surface area contributed by atoms with Gasteiger partial charge in [-0.2, -0.15) is 0 Å². The molecule has 1 aromatic heterocycles. The van der Waals surface area contributed by atoms with Crippen molar-refractivity contribution in [2.24, 2.45) is 0 Å². The molecule has 7 heteroatoms. The van der Waals surface area contributed by atoms with Crippen molar-refractivity contribution in [1.29, 1.82) is 0 Å². The largest absolute Gasteiger partial charge is 0.324 e. The minimum atomic E-state index is -0.358. The number of ketones is 1. The highest BCUT2D eigenvalue weighted by molar-refractivity contribution is 6.30. The minimum Gasteiger partial charge on any atom is -0.324 e. The molecule has 0 spiro atoms. The Balaban J connectivity index is 1.81. The zero-order chi connectivity index (χ0) is 19.4. The van der Waals surface area contributed by atoms with Crippen molar-refractivity contribution in [3.05, 3.63) is 76.6 Å². The van der Waals surface area contributed by atoms with E-state index in [9.17, 15) is 9.59 Å². The van der Waals surface area contributed by atoms with Crippen molar-refractivity contribution in [3.8, 4) is 0 Å². The molecule has 0 aliphatic rings. The van der Waals surface area contributed by atoms with E-state index in [-0.39, 0.29) is 23.3 Å². The third-order valence-electron chi connectivity index (χ3n) is 3.71. The van der Waals surface area contributed by atoms with Gasteiger partial charge in [-0.05, 0) is 56.3 Å². The molecule has 0 atom stereocenters. The van der Waals surface area contributed by atoms with Crippen LogP contribution < -0.4 is 10.6 Å². The average molecular weight is 381 g/mol. The molecule has 136 valence electrons. The fraction of sp³-hybridized carbons (Fsp3) is 0.100. The highest BCUT2D eigenvalue weighted by Gasteiger charge is 2.12. The van der Waals surface area contributed by atoms with Gasteiger partial charge in [0.25, 0.3) is 5.91 Å². The van der Waals surface area contributed by atoms with Crippen LogP contribution in [0.25, 0.3) is 0 Å². The second-order valence-corrected chi connectivity index (χ2v) is 6.38. The SMILES string of the molecule is CC(=O)c1cccc(Nc2nc(C)cc(C(=O)Nc3ccc(Cl)cc3)n2)c1. The number of Topliss-reactive ketones (excluding diaryl/α,β-unsaturated/α-hetero) is 1. The monoisotopic (exact) mass is 380 g/mol. The molecule has 6 nitrogen and oxygen atoms in total. The second kappa shape index (κ2) is 7.97. The highest BCUT2D eigenvalue weighted by Crippen LogP contribution is 2.18. The molecular weight excluding hydrogens is 364 g/mol. The summed E-state index contributed by atoms with van der Waals surface area (Å²) in [6.07, 6.45) is 0. The van der Waals surface area contributed by atoms with Crippen molar-refractivity contribution in [2.45, 2.75) is 13.8 Å². The topological polar surface area (TPSA) is 84.0 Å². The van der Waals surface area contributed by atoms with Gasteiger partial charge in [-0.25, -0.2) is 9.97 Å². The maximum absolute atomic E-state index is 12.5. The summed E-state index contributed by atoms with van der Waals surface area (Å²) >= 11 is 5.85. The first kappa shape index (κ1) is 18.5. The number of rotatable bonds is 5. The number of aryl methyl sites for hydroxylation is 1. The number of nitrogens with one attached hydrogen (secondary N) is 2. The molecule has 2 N–H and O–H groups in total. The van der Waals surface area contributed by atoms with Crippen molar-refractivity contribution < 1.29 is 9.59 Å².